The van der Waals surface area contributed by atoms with Gasteiger partial charge in [0.1, 0.15) is 0 Å². The zero-order chi connectivity index (χ0) is 12.8. The minimum Gasteiger partial charge on any atom is -0.478 e. The van der Waals surface area contributed by atoms with Crippen molar-refractivity contribution < 1.29 is 14.4 Å². The van der Waals surface area contributed by atoms with Crippen LogP contribution in [0.4, 0.5) is 0 Å². The molecule has 0 saturated heterocycles. The van der Waals surface area contributed by atoms with Gasteiger partial charge in [-0.1, -0.05) is 17.3 Å². The quantitative estimate of drug-likeness (QED) is 0.743. The summed E-state index contributed by atoms with van der Waals surface area (Å²) in [5.41, 5.74) is 1.23. The lowest BCUT2D eigenvalue weighted by Gasteiger charge is -2.04. The van der Waals surface area contributed by atoms with Crippen molar-refractivity contribution in [1.29, 1.82) is 0 Å². The predicted octanol–water partition coefficient (Wildman–Crippen LogP) is 1.10. The first-order valence-corrected chi connectivity index (χ1v) is 5.54. The first-order valence-electron chi connectivity index (χ1n) is 5.54. The van der Waals surface area contributed by atoms with Crippen LogP contribution in [0.25, 0.3) is 0 Å². The Morgan fingerprint density at radius 3 is 3.06 bits per heavy atom. The Labute approximate surface area is 104 Å². The number of nitrogens with one attached hydrogen (secondary N) is 1. The second kappa shape index (κ2) is 5.92. The topological polar surface area (TPSA) is 88.2 Å². The highest BCUT2D eigenvalue weighted by Gasteiger charge is 2.03. The van der Waals surface area contributed by atoms with Gasteiger partial charge in [-0.25, -0.2) is 4.79 Å². The highest BCUT2D eigenvalue weighted by molar-refractivity contribution is 5.87. The second-order valence-corrected chi connectivity index (χ2v) is 3.77. The van der Waals surface area contributed by atoms with E-state index in [1.54, 1.807) is 18.2 Å². The van der Waals surface area contributed by atoms with Crippen LogP contribution in [0.3, 0.4) is 0 Å². The van der Waals surface area contributed by atoms with Gasteiger partial charge in [-0.2, -0.15) is 4.98 Å². The molecule has 0 unspecified atom stereocenters. The van der Waals surface area contributed by atoms with Crippen LogP contribution in [0.1, 0.15) is 21.8 Å². The van der Waals surface area contributed by atoms with Gasteiger partial charge in [-0.3, -0.25) is 0 Å². The molecule has 0 aliphatic heterocycles. The van der Waals surface area contributed by atoms with Crippen molar-refractivity contribution in [3.8, 4) is 0 Å². The maximum atomic E-state index is 10.8. The maximum absolute atomic E-state index is 10.8. The molecule has 0 radical (unpaired) electrons. The van der Waals surface area contributed by atoms with E-state index in [-0.39, 0.29) is 0 Å². The van der Waals surface area contributed by atoms with E-state index >= 15 is 0 Å². The van der Waals surface area contributed by atoms with Crippen molar-refractivity contribution in [3.05, 3.63) is 47.6 Å². The minimum atomic E-state index is -0.914. The largest absolute Gasteiger partial charge is 0.478 e. The van der Waals surface area contributed by atoms with Crippen LogP contribution in [0, 0.1) is 0 Å². The third kappa shape index (κ3) is 3.39. The lowest BCUT2D eigenvalue weighted by molar-refractivity contribution is 0.0696. The molecule has 0 saturated carbocycles. The van der Waals surface area contributed by atoms with Gasteiger partial charge in [-0.15, -0.1) is 0 Å². The SMILES string of the molecule is O=C(O)c1cccc(CNCCc2ncno2)c1. The summed E-state index contributed by atoms with van der Waals surface area (Å²) in [6.45, 7) is 1.30. The molecule has 0 atom stereocenters. The summed E-state index contributed by atoms with van der Waals surface area (Å²) < 4.78 is 4.86. The first-order chi connectivity index (χ1) is 8.75. The number of carboxylic acid groups (broad SMARTS) is 1. The van der Waals surface area contributed by atoms with Crippen LogP contribution < -0.4 is 5.32 Å². The van der Waals surface area contributed by atoms with Gasteiger partial charge >= 0.3 is 5.97 Å². The lowest BCUT2D eigenvalue weighted by atomic mass is 10.1. The highest BCUT2D eigenvalue weighted by atomic mass is 16.5. The lowest BCUT2D eigenvalue weighted by Crippen LogP contribution is -2.17. The summed E-state index contributed by atoms with van der Waals surface area (Å²) in [4.78, 5) is 14.7. The third-order valence-corrected chi connectivity index (χ3v) is 2.43. The number of carbonyl (C=O) groups is 1. The summed E-state index contributed by atoms with van der Waals surface area (Å²) >= 11 is 0. The zero-order valence-electron chi connectivity index (χ0n) is 9.67. The third-order valence-electron chi connectivity index (χ3n) is 2.43. The average molecular weight is 247 g/mol. The summed E-state index contributed by atoms with van der Waals surface area (Å²) in [6.07, 6.45) is 2.02. The number of nitrogens with zero attached hydrogens (tertiary/aromatic N) is 2. The molecule has 1 aromatic heterocycles. The van der Waals surface area contributed by atoms with Crippen LogP contribution in [0.2, 0.25) is 0 Å². The molecular formula is C12H13N3O3. The van der Waals surface area contributed by atoms with Crippen LogP contribution in [-0.2, 0) is 13.0 Å². The van der Waals surface area contributed by atoms with Crippen molar-refractivity contribution >= 4 is 5.97 Å². The first kappa shape index (κ1) is 12.3. The number of hydrogen-bond acceptors (Lipinski definition) is 5. The minimum absolute atomic E-state index is 0.297. The molecule has 1 heterocycles. The van der Waals surface area contributed by atoms with Gasteiger partial charge in [0, 0.05) is 19.5 Å². The summed E-state index contributed by atoms with van der Waals surface area (Å²) in [7, 11) is 0. The maximum Gasteiger partial charge on any atom is 0.335 e. The molecule has 0 bridgehead atoms. The van der Waals surface area contributed by atoms with Gasteiger partial charge < -0.3 is 14.9 Å². The number of benzene rings is 1. The van der Waals surface area contributed by atoms with E-state index in [2.05, 4.69) is 15.5 Å². The van der Waals surface area contributed by atoms with Crippen molar-refractivity contribution in [2.45, 2.75) is 13.0 Å². The van der Waals surface area contributed by atoms with Gasteiger partial charge in [-0.05, 0) is 17.7 Å². The smallest absolute Gasteiger partial charge is 0.335 e. The molecule has 0 aliphatic carbocycles. The molecule has 94 valence electrons. The molecule has 2 rings (SSSR count). The van der Waals surface area contributed by atoms with Crippen LogP contribution in [0.15, 0.2) is 35.1 Å². The number of aromatic carboxylic acids is 1. The molecule has 6 heteroatoms. The number of aromatic nitrogens is 2. The van der Waals surface area contributed by atoms with Gasteiger partial charge in [0.2, 0.25) is 5.89 Å². The number of hydrogen-bond donors (Lipinski definition) is 2. The van der Waals surface area contributed by atoms with Crippen molar-refractivity contribution in [3.63, 3.8) is 0 Å². The Kier molecular flexibility index (Phi) is 4.03. The molecule has 0 fully saturated rings. The average Bonchev–Trinajstić information content (AvgIpc) is 2.88. The Morgan fingerprint density at radius 1 is 1.44 bits per heavy atom. The van der Waals surface area contributed by atoms with Crippen molar-refractivity contribution in [2.24, 2.45) is 0 Å². The fourth-order valence-corrected chi connectivity index (χ4v) is 1.55. The monoisotopic (exact) mass is 247 g/mol. The van der Waals surface area contributed by atoms with Crippen molar-refractivity contribution in [2.75, 3.05) is 6.54 Å². The normalized spacial score (nSPS) is 10.4. The van der Waals surface area contributed by atoms with Gasteiger partial charge in [0.15, 0.2) is 6.33 Å². The zero-order valence-corrected chi connectivity index (χ0v) is 9.67. The number of rotatable bonds is 6. The van der Waals surface area contributed by atoms with Crippen LogP contribution >= 0.6 is 0 Å². The Balaban J connectivity index is 1.79. The van der Waals surface area contributed by atoms with E-state index in [0.29, 0.717) is 31.0 Å². The fraction of sp³-hybridized carbons (Fsp3) is 0.250. The van der Waals surface area contributed by atoms with E-state index < -0.39 is 5.97 Å². The second-order valence-electron chi connectivity index (χ2n) is 3.77. The molecule has 2 N–H and O–H groups in total. The molecule has 0 amide bonds. The summed E-state index contributed by atoms with van der Waals surface area (Å²) in [6, 6.07) is 6.84. The standard InChI is InChI=1S/C12H13N3O3/c16-12(17)10-3-1-2-9(6-10)7-13-5-4-11-14-8-15-18-11/h1-3,6,8,13H,4-5,7H2,(H,16,17). The molecule has 1 aromatic carbocycles. The van der Waals surface area contributed by atoms with E-state index in [1.165, 1.54) is 6.33 Å². The highest BCUT2D eigenvalue weighted by Crippen LogP contribution is 2.05. The Bertz CT molecular complexity index is 511. The van der Waals surface area contributed by atoms with E-state index in [9.17, 15) is 4.79 Å². The Hall–Kier alpha value is -2.21. The van der Waals surface area contributed by atoms with Crippen LogP contribution in [-0.4, -0.2) is 27.8 Å². The molecule has 0 aliphatic rings. The van der Waals surface area contributed by atoms with E-state index in [1.807, 2.05) is 6.07 Å². The molecular weight excluding hydrogens is 234 g/mol. The Morgan fingerprint density at radius 2 is 2.33 bits per heavy atom. The summed E-state index contributed by atoms with van der Waals surface area (Å²) in [5, 5.41) is 15.6. The predicted molar refractivity (Wildman–Crippen MR) is 63.1 cm³/mol. The molecule has 0 spiro atoms. The number of carboxylic acids is 1. The van der Waals surface area contributed by atoms with E-state index in [0.717, 1.165) is 5.56 Å². The summed E-state index contributed by atoms with van der Waals surface area (Å²) in [5.74, 6) is -0.329. The van der Waals surface area contributed by atoms with Crippen molar-refractivity contribution in [1.82, 2.24) is 15.5 Å². The van der Waals surface area contributed by atoms with Crippen LogP contribution in [0.5, 0.6) is 0 Å². The van der Waals surface area contributed by atoms with E-state index in [4.69, 9.17) is 9.63 Å². The molecule has 6 nitrogen and oxygen atoms in total. The van der Waals surface area contributed by atoms with Gasteiger partial charge in [0.25, 0.3) is 0 Å². The fourth-order valence-electron chi connectivity index (χ4n) is 1.55. The molecule has 18 heavy (non-hydrogen) atoms. The molecule has 2 aromatic rings. The van der Waals surface area contributed by atoms with Gasteiger partial charge in [0.05, 0.1) is 5.56 Å².